The zero-order chi connectivity index (χ0) is 16.1. The van der Waals surface area contributed by atoms with Crippen molar-refractivity contribution in [3.8, 4) is 0 Å². The lowest BCUT2D eigenvalue weighted by molar-refractivity contribution is 0.188. The molecule has 0 radical (unpaired) electrons. The summed E-state index contributed by atoms with van der Waals surface area (Å²) in [4.78, 5) is 12.1. The van der Waals surface area contributed by atoms with Crippen LogP contribution in [0.15, 0.2) is 53.3 Å². The van der Waals surface area contributed by atoms with Gasteiger partial charge in [-0.05, 0) is 18.2 Å². The summed E-state index contributed by atoms with van der Waals surface area (Å²) in [6.45, 7) is 1.69. The van der Waals surface area contributed by atoms with Crippen molar-refractivity contribution in [2.75, 3.05) is 19.0 Å². The van der Waals surface area contributed by atoms with Gasteiger partial charge in [0.2, 0.25) is 0 Å². The fraction of sp³-hybridized carbons (Fsp3) is 0.235. The van der Waals surface area contributed by atoms with Gasteiger partial charge in [-0.3, -0.25) is 0 Å². The van der Waals surface area contributed by atoms with Crippen LogP contribution in [0.1, 0.15) is 5.76 Å². The summed E-state index contributed by atoms with van der Waals surface area (Å²) in [5, 5.41) is 6.66. The van der Waals surface area contributed by atoms with Crippen LogP contribution in [0.4, 0.5) is 10.5 Å². The molecule has 0 saturated heterocycles. The van der Waals surface area contributed by atoms with Crippen molar-refractivity contribution in [1.82, 2.24) is 9.88 Å². The first-order chi connectivity index (χ1) is 11.3. The van der Waals surface area contributed by atoms with Gasteiger partial charge in [-0.25, -0.2) is 4.79 Å². The predicted molar refractivity (Wildman–Crippen MR) is 88.4 cm³/mol. The first-order valence-corrected chi connectivity index (χ1v) is 7.42. The van der Waals surface area contributed by atoms with Gasteiger partial charge in [-0.2, -0.15) is 0 Å². The molecule has 1 aromatic carbocycles. The van der Waals surface area contributed by atoms with Crippen LogP contribution in [0, 0.1) is 0 Å². The first kappa shape index (κ1) is 15.2. The number of amides is 2. The lowest BCUT2D eigenvalue weighted by Gasteiger charge is -2.05. The number of furan rings is 1. The number of carbonyl (C=O) groups excluding carboxylic acids is 1. The molecule has 0 unspecified atom stereocenters. The molecular formula is C17H19N3O3. The van der Waals surface area contributed by atoms with Crippen LogP contribution in [0.2, 0.25) is 0 Å². The number of anilines is 1. The van der Waals surface area contributed by atoms with Crippen molar-refractivity contribution in [3.05, 3.63) is 54.6 Å². The Kier molecular flexibility index (Phi) is 4.63. The minimum absolute atomic E-state index is 0.268. The van der Waals surface area contributed by atoms with E-state index in [1.807, 2.05) is 36.5 Å². The van der Waals surface area contributed by atoms with E-state index in [4.69, 9.17) is 9.15 Å². The number of carbonyl (C=O) groups is 1. The zero-order valence-corrected chi connectivity index (χ0v) is 12.9. The number of nitrogens with zero attached hydrogens (tertiary/aromatic N) is 1. The molecule has 0 spiro atoms. The quantitative estimate of drug-likeness (QED) is 0.734. The van der Waals surface area contributed by atoms with Gasteiger partial charge in [0.05, 0.1) is 30.6 Å². The predicted octanol–water partition coefficient (Wildman–Crippen LogP) is 3.20. The smallest absolute Gasteiger partial charge is 0.319 e. The Morgan fingerprint density at radius 2 is 2.13 bits per heavy atom. The van der Waals surface area contributed by atoms with Crippen molar-refractivity contribution >= 4 is 22.6 Å². The third-order valence-electron chi connectivity index (χ3n) is 3.58. The summed E-state index contributed by atoms with van der Waals surface area (Å²) in [7, 11) is 1.67. The molecule has 0 saturated carbocycles. The number of para-hydroxylation sites is 1. The second kappa shape index (κ2) is 7.02. The van der Waals surface area contributed by atoms with E-state index in [0.717, 1.165) is 23.1 Å². The molecule has 0 bridgehead atoms. The van der Waals surface area contributed by atoms with Crippen LogP contribution < -0.4 is 10.6 Å². The van der Waals surface area contributed by atoms with Crippen molar-refractivity contribution < 1.29 is 13.9 Å². The van der Waals surface area contributed by atoms with Crippen LogP contribution in [-0.4, -0.2) is 24.3 Å². The standard InChI is InChI=1S/C17H19N3O3/c1-22-10-8-20-12-15(14-6-2-3-7-16(14)20)19-17(21)18-11-13-5-4-9-23-13/h2-7,9,12H,8,10-11H2,1H3,(H2,18,19,21). The van der Waals surface area contributed by atoms with E-state index in [9.17, 15) is 4.79 Å². The van der Waals surface area contributed by atoms with Crippen molar-refractivity contribution in [1.29, 1.82) is 0 Å². The number of urea groups is 1. The van der Waals surface area contributed by atoms with Crippen LogP contribution in [0.5, 0.6) is 0 Å². The molecular weight excluding hydrogens is 294 g/mol. The Bertz CT molecular complexity index is 778. The van der Waals surface area contributed by atoms with Gasteiger partial charge in [-0.15, -0.1) is 0 Å². The fourth-order valence-corrected chi connectivity index (χ4v) is 2.47. The van der Waals surface area contributed by atoms with Crippen LogP contribution in [-0.2, 0) is 17.8 Å². The lowest BCUT2D eigenvalue weighted by atomic mass is 10.2. The minimum atomic E-state index is -0.268. The molecule has 2 amide bonds. The molecule has 0 aliphatic rings. The fourth-order valence-electron chi connectivity index (χ4n) is 2.47. The van der Waals surface area contributed by atoms with E-state index in [1.54, 1.807) is 19.4 Å². The number of benzene rings is 1. The van der Waals surface area contributed by atoms with Crippen LogP contribution in [0.25, 0.3) is 10.9 Å². The third-order valence-corrected chi connectivity index (χ3v) is 3.58. The maximum atomic E-state index is 12.1. The second-order valence-electron chi connectivity index (χ2n) is 5.13. The molecule has 23 heavy (non-hydrogen) atoms. The number of aromatic nitrogens is 1. The summed E-state index contributed by atoms with van der Waals surface area (Å²) in [6, 6.07) is 11.3. The van der Waals surface area contributed by atoms with E-state index in [2.05, 4.69) is 15.2 Å². The number of nitrogens with one attached hydrogen (secondary N) is 2. The molecule has 6 heteroatoms. The Labute approximate surface area is 134 Å². The van der Waals surface area contributed by atoms with Crippen molar-refractivity contribution in [2.45, 2.75) is 13.1 Å². The van der Waals surface area contributed by atoms with Gasteiger partial charge in [0.15, 0.2) is 0 Å². The summed E-state index contributed by atoms with van der Waals surface area (Å²) in [5.74, 6) is 0.711. The zero-order valence-electron chi connectivity index (χ0n) is 12.9. The number of hydrogen-bond donors (Lipinski definition) is 2. The Morgan fingerprint density at radius 3 is 2.91 bits per heavy atom. The van der Waals surface area contributed by atoms with Crippen LogP contribution in [0.3, 0.4) is 0 Å². The van der Waals surface area contributed by atoms with Gasteiger partial charge in [0, 0.05) is 25.2 Å². The highest BCUT2D eigenvalue weighted by molar-refractivity contribution is 6.01. The van der Waals surface area contributed by atoms with E-state index in [1.165, 1.54) is 0 Å². The molecule has 6 nitrogen and oxygen atoms in total. The van der Waals surface area contributed by atoms with Gasteiger partial charge in [0.1, 0.15) is 5.76 Å². The van der Waals surface area contributed by atoms with Crippen LogP contribution >= 0.6 is 0 Å². The molecule has 0 atom stereocenters. The van der Waals surface area contributed by atoms with Crippen molar-refractivity contribution in [2.24, 2.45) is 0 Å². The molecule has 2 N–H and O–H groups in total. The van der Waals surface area contributed by atoms with Gasteiger partial charge in [0.25, 0.3) is 0 Å². The summed E-state index contributed by atoms with van der Waals surface area (Å²) < 4.78 is 12.4. The summed E-state index contributed by atoms with van der Waals surface area (Å²) >= 11 is 0. The lowest BCUT2D eigenvalue weighted by Crippen LogP contribution is -2.27. The Balaban J connectivity index is 1.72. The number of rotatable bonds is 6. The topological polar surface area (TPSA) is 68.4 Å². The average molecular weight is 313 g/mol. The number of fused-ring (bicyclic) bond motifs is 1. The van der Waals surface area contributed by atoms with E-state index >= 15 is 0 Å². The van der Waals surface area contributed by atoms with Gasteiger partial charge in [-0.1, -0.05) is 18.2 Å². The molecule has 3 aromatic rings. The molecule has 120 valence electrons. The molecule has 3 rings (SSSR count). The summed E-state index contributed by atoms with van der Waals surface area (Å²) in [6.07, 6.45) is 3.51. The minimum Gasteiger partial charge on any atom is -0.467 e. The third kappa shape index (κ3) is 3.54. The highest BCUT2D eigenvalue weighted by atomic mass is 16.5. The maximum absolute atomic E-state index is 12.1. The molecule has 0 aliphatic heterocycles. The highest BCUT2D eigenvalue weighted by Gasteiger charge is 2.10. The molecule has 0 fully saturated rings. The average Bonchev–Trinajstić information content (AvgIpc) is 3.20. The normalized spacial score (nSPS) is 10.8. The van der Waals surface area contributed by atoms with Crippen molar-refractivity contribution in [3.63, 3.8) is 0 Å². The van der Waals surface area contributed by atoms with Gasteiger partial charge >= 0.3 is 6.03 Å². The van der Waals surface area contributed by atoms with E-state index < -0.39 is 0 Å². The molecule has 0 aliphatic carbocycles. The van der Waals surface area contributed by atoms with Gasteiger partial charge < -0.3 is 24.4 Å². The number of hydrogen-bond acceptors (Lipinski definition) is 3. The number of ether oxygens (including phenoxy) is 1. The Morgan fingerprint density at radius 1 is 1.26 bits per heavy atom. The highest BCUT2D eigenvalue weighted by Crippen LogP contribution is 2.25. The first-order valence-electron chi connectivity index (χ1n) is 7.42. The largest absolute Gasteiger partial charge is 0.467 e. The monoisotopic (exact) mass is 313 g/mol. The van der Waals surface area contributed by atoms with E-state index in [-0.39, 0.29) is 6.03 Å². The maximum Gasteiger partial charge on any atom is 0.319 e. The molecule has 2 heterocycles. The summed E-state index contributed by atoms with van der Waals surface area (Å²) in [5.41, 5.74) is 1.83. The SMILES string of the molecule is COCCn1cc(NC(=O)NCc2ccco2)c2ccccc21. The number of methoxy groups -OCH3 is 1. The van der Waals surface area contributed by atoms with E-state index in [0.29, 0.717) is 18.9 Å². The molecule has 2 aromatic heterocycles. The Hall–Kier alpha value is -2.73. The second-order valence-corrected chi connectivity index (χ2v) is 5.13.